The predicted octanol–water partition coefficient (Wildman–Crippen LogP) is 2.16. The van der Waals surface area contributed by atoms with Gasteiger partial charge >= 0.3 is 5.97 Å². The average Bonchev–Trinajstić information content (AvgIpc) is 2.45. The van der Waals surface area contributed by atoms with Crippen molar-refractivity contribution in [1.29, 1.82) is 0 Å². The molecule has 6 nitrogen and oxygen atoms in total. The number of anilines is 2. The van der Waals surface area contributed by atoms with Gasteiger partial charge in [-0.05, 0) is 30.7 Å². The minimum absolute atomic E-state index is 0.0344. The van der Waals surface area contributed by atoms with Crippen molar-refractivity contribution in [3.8, 4) is 5.75 Å². The summed E-state index contributed by atoms with van der Waals surface area (Å²) in [6.07, 6.45) is 1.33. The number of nitrogen functional groups attached to an aromatic ring is 1. The van der Waals surface area contributed by atoms with Crippen molar-refractivity contribution in [1.82, 2.24) is 4.98 Å². The molecule has 1 heterocycles. The molecular weight excluding hydrogens is 270 g/mol. The van der Waals surface area contributed by atoms with Crippen molar-refractivity contribution >= 4 is 17.5 Å². The zero-order valence-electron chi connectivity index (χ0n) is 11.7. The van der Waals surface area contributed by atoms with E-state index >= 15 is 0 Å². The van der Waals surface area contributed by atoms with Gasteiger partial charge in [0.1, 0.15) is 18.2 Å². The van der Waals surface area contributed by atoms with Gasteiger partial charge < -0.3 is 20.9 Å². The molecule has 110 valence electrons. The Morgan fingerprint density at radius 2 is 2.24 bits per heavy atom. The Morgan fingerprint density at radius 1 is 1.43 bits per heavy atom. The van der Waals surface area contributed by atoms with Gasteiger partial charge in [-0.15, -0.1) is 0 Å². The van der Waals surface area contributed by atoms with E-state index in [1.807, 2.05) is 31.2 Å². The predicted molar refractivity (Wildman–Crippen MR) is 80.8 cm³/mol. The van der Waals surface area contributed by atoms with Gasteiger partial charge in [-0.3, -0.25) is 0 Å². The number of aryl methyl sites for hydroxylation is 1. The quantitative estimate of drug-likeness (QED) is 0.704. The first-order chi connectivity index (χ1) is 10.1. The van der Waals surface area contributed by atoms with Crippen LogP contribution >= 0.6 is 0 Å². The number of aromatic carboxylic acids is 1. The summed E-state index contributed by atoms with van der Waals surface area (Å²) in [6, 6.07) is 9.17. The molecule has 0 amide bonds. The third kappa shape index (κ3) is 4.10. The van der Waals surface area contributed by atoms with E-state index in [2.05, 4.69) is 10.3 Å². The monoisotopic (exact) mass is 287 g/mol. The molecule has 0 atom stereocenters. The number of aromatic nitrogens is 1. The van der Waals surface area contributed by atoms with Crippen molar-refractivity contribution in [2.75, 3.05) is 24.2 Å². The van der Waals surface area contributed by atoms with E-state index in [0.29, 0.717) is 19.0 Å². The fraction of sp³-hybridized carbons (Fsp3) is 0.200. The number of nitrogens with two attached hydrogens (primary N) is 1. The average molecular weight is 287 g/mol. The van der Waals surface area contributed by atoms with E-state index in [-0.39, 0.29) is 11.3 Å². The minimum Gasteiger partial charge on any atom is -0.492 e. The van der Waals surface area contributed by atoms with Crippen LogP contribution in [0.1, 0.15) is 15.9 Å². The van der Waals surface area contributed by atoms with Crippen LogP contribution in [-0.2, 0) is 0 Å². The van der Waals surface area contributed by atoms with Crippen LogP contribution < -0.4 is 15.8 Å². The van der Waals surface area contributed by atoms with Crippen LogP contribution in [-0.4, -0.2) is 29.2 Å². The van der Waals surface area contributed by atoms with Crippen molar-refractivity contribution in [2.45, 2.75) is 6.92 Å². The summed E-state index contributed by atoms with van der Waals surface area (Å²) in [7, 11) is 0. The van der Waals surface area contributed by atoms with Gasteiger partial charge in [-0.1, -0.05) is 12.1 Å². The van der Waals surface area contributed by atoms with Crippen LogP contribution in [0.2, 0.25) is 0 Å². The van der Waals surface area contributed by atoms with Gasteiger partial charge in [0.2, 0.25) is 0 Å². The Balaban J connectivity index is 1.86. The lowest BCUT2D eigenvalue weighted by Gasteiger charge is -2.09. The van der Waals surface area contributed by atoms with Crippen LogP contribution in [0, 0.1) is 6.92 Å². The summed E-state index contributed by atoms with van der Waals surface area (Å²) in [5, 5.41) is 12.0. The van der Waals surface area contributed by atoms with Crippen LogP contribution in [0.3, 0.4) is 0 Å². The van der Waals surface area contributed by atoms with Crippen LogP contribution in [0.25, 0.3) is 0 Å². The van der Waals surface area contributed by atoms with Gasteiger partial charge in [0, 0.05) is 0 Å². The summed E-state index contributed by atoms with van der Waals surface area (Å²) < 4.78 is 5.58. The molecule has 0 fully saturated rings. The molecule has 4 N–H and O–H groups in total. The molecule has 2 rings (SSSR count). The van der Waals surface area contributed by atoms with Crippen molar-refractivity contribution < 1.29 is 14.6 Å². The Morgan fingerprint density at radius 3 is 2.95 bits per heavy atom. The largest absolute Gasteiger partial charge is 0.492 e. The lowest BCUT2D eigenvalue weighted by molar-refractivity contribution is 0.0698. The van der Waals surface area contributed by atoms with Gasteiger partial charge in [0.25, 0.3) is 0 Å². The maximum absolute atomic E-state index is 11.0. The molecule has 0 unspecified atom stereocenters. The number of rotatable bonds is 6. The highest BCUT2D eigenvalue weighted by molar-refractivity contribution is 5.94. The summed E-state index contributed by atoms with van der Waals surface area (Å²) >= 11 is 0. The number of nitrogens with zero attached hydrogens (tertiary/aromatic N) is 1. The second-order valence-corrected chi connectivity index (χ2v) is 4.55. The Kier molecular flexibility index (Phi) is 4.61. The number of ether oxygens (including phenoxy) is 1. The molecule has 0 aliphatic heterocycles. The highest BCUT2D eigenvalue weighted by Gasteiger charge is 2.09. The van der Waals surface area contributed by atoms with E-state index in [9.17, 15) is 4.79 Å². The topological polar surface area (TPSA) is 97.5 Å². The number of nitrogens with one attached hydrogen (secondary N) is 1. The molecule has 0 saturated carbocycles. The first-order valence-electron chi connectivity index (χ1n) is 6.48. The number of carboxylic acids is 1. The minimum atomic E-state index is -1.08. The first-order valence-corrected chi connectivity index (χ1v) is 6.48. The van der Waals surface area contributed by atoms with Gasteiger partial charge in [0.05, 0.1) is 24.0 Å². The molecule has 0 bridgehead atoms. The molecule has 0 radical (unpaired) electrons. The second-order valence-electron chi connectivity index (χ2n) is 4.55. The Labute approximate surface area is 122 Å². The molecule has 0 spiro atoms. The van der Waals surface area contributed by atoms with Crippen molar-refractivity contribution in [3.63, 3.8) is 0 Å². The molecule has 6 heteroatoms. The van der Waals surface area contributed by atoms with Gasteiger partial charge in [0.15, 0.2) is 0 Å². The third-order valence-electron chi connectivity index (χ3n) is 2.83. The lowest BCUT2D eigenvalue weighted by atomic mass is 10.2. The van der Waals surface area contributed by atoms with E-state index in [1.165, 1.54) is 12.3 Å². The van der Waals surface area contributed by atoms with Gasteiger partial charge in [-0.25, -0.2) is 9.78 Å². The fourth-order valence-electron chi connectivity index (χ4n) is 1.80. The van der Waals surface area contributed by atoms with E-state index in [4.69, 9.17) is 15.6 Å². The standard InChI is InChI=1S/C15H17N3O3/c1-10-3-2-4-11(7-10)21-6-5-17-14-8-12(15(19)20)13(16)9-18-14/h2-4,7-9H,5-6,16H2,1H3,(H,17,18)(H,19,20). The number of hydrogen-bond acceptors (Lipinski definition) is 5. The van der Waals surface area contributed by atoms with Crippen LogP contribution in [0.5, 0.6) is 5.75 Å². The molecular formula is C15H17N3O3. The number of pyridine rings is 1. The van der Waals surface area contributed by atoms with Crippen LogP contribution in [0.15, 0.2) is 36.5 Å². The molecule has 0 saturated heterocycles. The highest BCUT2D eigenvalue weighted by Crippen LogP contribution is 2.15. The number of benzene rings is 1. The molecule has 0 aliphatic rings. The third-order valence-corrected chi connectivity index (χ3v) is 2.83. The second kappa shape index (κ2) is 6.60. The maximum Gasteiger partial charge on any atom is 0.337 e. The fourth-order valence-corrected chi connectivity index (χ4v) is 1.80. The summed E-state index contributed by atoms with van der Waals surface area (Å²) in [5.74, 6) is 0.177. The molecule has 21 heavy (non-hydrogen) atoms. The molecule has 1 aromatic heterocycles. The summed E-state index contributed by atoms with van der Waals surface area (Å²) in [5.41, 5.74) is 6.85. The van der Waals surface area contributed by atoms with Crippen LogP contribution in [0.4, 0.5) is 11.5 Å². The lowest BCUT2D eigenvalue weighted by Crippen LogP contribution is -2.13. The number of carbonyl (C=O) groups is 1. The molecule has 1 aromatic carbocycles. The summed E-state index contributed by atoms with van der Waals surface area (Å²) in [6.45, 7) is 2.94. The highest BCUT2D eigenvalue weighted by atomic mass is 16.5. The Hall–Kier alpha value is -2.76. The zero-order chi connectivity index (χ0) is 15.2. The van der Waals surface area contributed by atoms with E-state index in [0.717, 1.165) is 11.3 Å². The summed E-state index contributed by atoms with van der Waals surface area (Å²) in [4.78, 5) is 15.0. The van der Waals surface area contributed by atoms with Gasteiger partial charge in [-0.2, -0.15) is 0 Å². The van der Waals surface area contributed by atoms with Crippen molar-refractivity contribution in [2.24, 2.45) is 0 Å². The zero-order valence-corrected chi connectivity index (χ0v) is 11.7. The normalized spacial score (nSPS) is 10.1. The molecule has 0 aliphatic carbocycles. The van der Waals surface area contributed by atoms with E-state index < -0.39 is 5.97 Å². The number of carboxylic acid groups (broad SMARTS) is 1. The molecule has 2 aromatic rings. The smallest absolute Gasteiger partial charge is 0.337 e. The maximum atomic E-state index is 11.0. The van der Waals surface area contributed by atoms with Crippen molar-refractivity contribution in [3.05, 3.63) is 47.7 Å². The Bertz CT molecular complexity index is 644. The SMILES string of the molecule is Cc1cccc(OCCNc2cc(C(=O)O)c(N)cn2)c1. The number of hydrogen-bond donors (Lipinski definition) is 3. The van der Waals surface area contributed by atoms with E-state index in [1.54, 1.807) is 0 Å². The first kappa shape index (κ1) is 14.6.